The smallest absolute Gasteiger partial charge is 0.147 e. The highest BCUT2D eigenvalue weighted by atomic mass is 79.9. The maximum Gasteiger partial charge on any atom is 0.147 e. The maximum absolute atomic E-state index is 10.3. The third kappa shape index (κ3) is 4.55. The Morgan fingerprint density at radius 2 is 1.48 bits per heavy atom. The Labute approximate surface area is 149 Å². The molecule has 5 heteroatoms. The quantitative estimate of drug-likeness (QED) is 0.610. The van der Waals surface area contributed by atoms with Crippen molar-refractivity contribution in [1.29, 1.82) is 0 Å². The molecule has 2 aromatic carbocycles. The zero-order valence-corrected chi connectivity index (χ0v) is 16.4. The van der Waals surface area contributed by atoms with Gasteiger partial charge in [0.25, 0.3) is 0 Å². The lowest BCUT2D eigenvalue weighted by Crippen LogP contribution is -2.10. The first-order chi connectivity index (χ1) is 9.86. The third-order valence-corrected chi connectivity index (χ3v) is 4.61. The summed E-state index contributed by atoms with van der Waals surface area (Å²) in [7, 11) is 0. The van der Waals surface area contributed by atoms with Crippen molar-refractivity contribution in [2.24, 2.45) is 0 Å². The number of hydrogen-bond donors (Lipinski definition) is 1. The Morgan fingerprint density at radius 3 is 2.00 bits per heavy atom. The predicted octanol–water partition coefficient (Wildman–Crippen LogP) is 5.70. The summed E-state index contributed by atoms with van der Waals surface area (Å²) in [6.45, 7) is 4.24. The lowest BCUT2D eigenvalue weighted by Gasteiger charge is -2.16. The number of ether oxygens (including phenoxy) is 1. The van der Waals surface area contributed by atoms with Crippen molar-refractivity contribution >= 4 is 47.8 Å². The van der Waals surface area contributed by atoms with E-state index < -0.39 is 6.10 Å². The Morgan fingerprint density at radius 1 is 0.952 bits per heavy atom. The second-order valence-corrected chi connectivity index (χ2v) is 7.57. The second-order valence-electron chi connectivity index (χ2n) is 4.95. The van der Waals surface area contributed by atoms with Crippen LogP contribution in [0.25, 0.3) is 0 Å². The summed E-state index contributed by atoms with van der Waals surface area (Å²) in [5, 5.41) is 10.3. The molecule has 0 amide bonds. The fraction of sp³-hybridized carbons (Fsp3) is 0.250. The molecule has 0 bridgehead atoms. The van der Waals surface area contributed by atoms with Crippen molar-refractivity contribution in [3.8, 4) is 5.75 Å². The number of aliphatic hydroxyl groups is 1. The summed E-state index contributed by atoms with van der Waals surface area (Å²) in [4.78, 5) is 0. The average molecular weight is 479 g/mol. The van der Waals surface area contributed by atoms with Crippen LogP contribution in [0.2, 0.25) is 0 Å². The number of hydrogen-bond acceptors (Lipinski definition) is 2. The molecule has 0 aliphatic heterocycles. The lowest BCUT2D eigenvalue weighted by molar-refractivity contribution is 0.107. The van der Waals surface area contributed by atoms with Crippen molar-refractivity contribution in [3.05, 3.63) is 60.4 Å². The molecule has 1 atom stereocenters. The molecule has 0 spiro atoms. The normalized spacial score (nSPS) is 12.3. The van der Waals surface area contributed by atoms with Crippen LogP contribution in [0.1, 0.15) is 22.8 Å². The van der Waals surface area contributed by atoms with Crippen LogP contribution in [0.5, 0.6) is 5.75 Å². The van der Waals surface area contributed by atoms with Crippen molar-refractivity contribution in [1.82, 2.24) is 0 Å². The third-order valence-electron chi connectivity index (χ3n) is 2.98. The molecule has 0 aliphatic rings. The van der Waals surface area contributed by atoms with Gasteiger partial charge in [0.2, 0.25) is 0 Å². The van der Waals surface area contributed by atoms with E-state index in [9.17, 15) is 5.11 Å². The first-order valence-corrected chi connectivity index (χ1v) is 8.78. The predicted molar refractivity (Wildman–Crippen MR) is 95.9 cm³/mol. The summed E-state index contributed by atoms with van der Waals surface area (Å²) in [5.74, 6) is 0.682. The van der Waals surface area contributed by atoms with Gasteiger partial charge in [-0.2, -0.15) is 0 Å². The molecule has 112 valence electrons. The molecule has 0 heterocycles. The standard InChI is InChI=1S/C16H15Br3O2/c1-9-3-10(2)5-11(4-9)15(20)8-21-16-13(18)6-12(17)7-14(16)19/h3-7,15,20H,8H2,1-2H3. The molecular weight excluding hydrogens is 464 g/mol. The minimum atomic E-state index is -0.661. The summed E-state index contributed by atoms with van der Waals surface area (Å²) in [6.07, 6.45) is -0.661. The molecule has 1 N–H and O–H groups in total. The van der Waals surface area contributed by atoms with Crippen LogP contribution in [0.4, 0.5) is 0 Å². The average Bonchev–Trinajstić information content (AvgIpc) is 2.35. The Kier molecular flexibility index (Phi) is 5.88. The SMILES string of the molecule is Cc1cc(C)cc(C(O)COc2c(Br)cc(Br)cc2Br)c1. The van der Waals surface area contributed by atoms with Gasteiger partial charge in [0.1, 0.15) is 18.5 Å². The van der Waals surface area contributed by atoms with Gasteiger partial charge in [0, 0.05) is 4.47 Å². The van der Waals surface area contributed by atoms with Gasteiger partial charge in [0.05, 0.1) is 8.95 Å². The largest absolute Gasteiger partial charge is 0.488 e. The zero-order valence-electron chi connectivity index (χ0n) is 11.7. The highest BCUT2D eigenvalue weighted by molar-refractivity contribution is 9.11. The van der Waals surface area contributed by atoms with Gasteiger partial charge in [-0.05, 0) is 63.4 Å². The molecule has 0 radical (unpaired) electrons. The molecular formula is C16H15Br3O2. The molecule has 21 heavy (non-hydrogen) atoms. The van der Waals surface area contributed by atoms with Crippen LogP contribution < -0.4 is 4.74 Å². The highest BCUT2D eigenvalue weighted by Gasteiger charge is 2.13. The number of benzene rings is 2. The van der Waals surface area contributed by atoms with Crippen LogP contribution in [0.15, 0.2) is 43.7 Å². The van der Waals surface area contributed by atoms with E-state index in [4.69, 9.17) is 4.74 Å². The number of rotatable bonds is 4. The molecule has 0 aromatic heterocycles. The molecule has 0 saturated carbocycles. The first kappa shape index (κ1) is 17.0. The van der Waals surface area contributed by atoms with Gasteiger partial charge in [-0.15, -0.1) is 0 Å². The van der Waals surface area contributed by atoms with Crippen LogP contribution >= 0.6 is 47.8 Å². The van der Waals surface area contributed by atoms with Gasteiger partial charge in [-0.25, -0.2) is 0 Å². The molecule has 2 aromatic rings. The number of aryl methyl sites for hydroxylation is 2. The van der Waals surface area contributed by atoms with Gasteiger partial charge in [-0.1, -0.05) is 45.3 Å². The number of aliphatic hydroxyl groups excluding tert-OH is 1. The maximum atomic E-state index is 10.3. The van der Waals surface area contributed by atoms with E-state index in [1.807, 2.05) is 38.1 Å². The van der Waals surface area contributed by atoms with Crippen molar-refractivity contribution in [2.75, 3.05) is 6.61 Å². The molecule has 0 aliphatic carbocycles. The zero-order chi connectivity index (χ0) is 15.6. The molecule has 2 nitrogen and oxygen atoms in total. The summed E-state index contributed by atoms with van der Waals surface area (Å²) in [5.41, 5.74) is 3.14. The Balaban J connectivity index is 2.12. The number of halogens is 3. The molecule has 0 saturated heterocycles. The monoisotopic (exact) mass is 476 g/mol. The van der Waals surface area contributed by atoms with Crippen molar-refractivity contribution in [3.63, 3.8) is 0 Å². The van der Waals surface area contributed by atoms with Gasteiger partial charge in [-0.3, -0.25) is 0 Å². The van der Waals surface area contributed by atoms with Gasteiger partial charge < -0.3 is 9.84 Å². The molecule has 1 unspecified atom stereocenters. The topological polar surface area (TPSA) is 29.5 Å². The minimum Gasteiger partial charge on any atom is -0.488 e. The Bertz CT molecular complexity index is 613. The lowest BCUT2D eigenvalue weighted by atomic mass is 10.0. The summed E-state index contributed by atoms with van der Waals surface area (Å²) >= 11 is 10.3. The van der Waals surface area contributed by atoms with Gasteiger partial charge >= 0.3 is 0 Å². The van der Waals surface area contributed by atoms with Crippen LogP contribution in [0, 0.1) is 13.8 Å². The van der Waals surface area contributed by atoms with Crippen molar-refractivity contribution < 1.29 is 9.84 Å². The van der Waals surface area contributed by atoms with E-state index in [0.29, 0.717) is 5.75 Å². The van der Waals surface area contributed by atoms with E-state index >= 15 is 0 Å². The van der Waals surface area contributed by atoms with Crippen molar-refractivity contribution in [2.45, 2.75) is 20.0 Å². The van der Waals surface area contributed by atoms with Gasteiger partial charge in [0.15, 0.2) is 0 Å². The van der Waals surface area contributed by atoms with Crippen LogP contribution in [-0.2, 0) is 0 Å². The van der Waals surface area contributed by atoms with Crippen LogP contribution in [-0.4, -0.2) is 11.7 Å². The van der Waals surface area contributed by atoms with E-state index in [2.05, 4.69) is 53.9 Å². The fourth-order valence-electron chi connectivity index (χ4n) is 2.13. The van der Waals surface area contributed by atoms with E-state index in [0.717, 1.165) is 30.1 Å². The van der Waals surface area contributed by atoms with E-state index in [1.165, 1.54) is 0 Å². The summed E-state index contributed by atoms with van der Waals surface area (Å²) in [6, 6.07) is 9.85. The van der Waals surface area contributed by atoms with Crippen LogP contribution in [0.3, 0.4) is 0 Å². The van der Waals surface area contributed by atoms with E-state index in [-0.39, 0.29) is 6.61 Å². The first-order valence-electron chi connectivity index (χ1n) is 6.40. The second kappa shape index (κ2) is 7.27. The molecule has 0 fully saturated rings. The molecule has 2 rings (SSSR count). The highest BCUT2D eigenvalue weighted by Crippen LogP contribution is 2.37. The fourth-order valence-corrected chi connectivity index (χ4v) is 4.62. The van der Waals surface area contributed by atoms with E-state index in [1.54, 1.807) is 0 Å². The minimum absolute atomic E-state index is 0.196. The Hall–Kier alpha value is -0.360. The summed E-state index contributed by atoms with van der Waals surface area (Å²) < 4.78 is 8.36.